The third kappa shape index (κ3) is 4.42. The van der Waals surface area contributed by atoms with E-state index in [1.54, 1.807) is 25.3 Å². The predicted molar refractivity (Wildman–Crippen MR) is 73.0 cm³/mol. The van der Waals surface area contributed by atoms with Gasteiger partial charge in [0.15, 0.2) is 0 Å². The lowest BCUT2D eigenvalue weighted by molar-refractivity contribution is -0.0505. The fourth-order valence-electron chi connectivity index (χ4n) is 2.66. The van der Waals surface area contributed by atoms with E-state index in [1.165, 1.54) is 0 Å². The molecule has 1 aliphatic carbocycles. The van der Waals surface area contributed by atoms with E-state index in [1.807, 2.05) is 6.07 Å². The molecule has 1 aromatic carbocycles. The third-order valence-corrected chi connectivity index (χ3v) is 3.73. The molecule has 0 heterocycles. The lowest BCUT2D eigenvalue weighted by Gasteiger charge is -2.29. The largest absolute Gasteiger partial charge is 0.434 e. The first-order valence-corrected chi connectivity index (χ1v) is 6.98. The van der Waals surface area contributed by atoms with E-state index >= 15 is 0 Å². The second-order valence-electron chi connectivity index (χ2n) is 5.09. The lowest BCUT2D eigenvalue weighted by Crippen LogP contribution is -2.36. The molecule has 0 saturated heterocycles. The van der Waals surface area contributed by atoms with Crippen LogP contribution in [0.1, 0.15) is 31.2 Å². The number of ether oxygens (including phenoxy) is 2. The number of methoxy groups -OCH3 is 1. The molecule has 2 rings (SSSR count). The van der Waals surface area contributed by atoms with Gasteiger partial charge >= 0.3 is 6.61 Å². The van der Waals surface area contributed by atoms with Crippen molar-refractivity contribution in [3.05, 3.63) is 29.8 Å². The van der Waals surface area contributed by atoms with Crippen molar-refractivity contribution in [2.75, 3.05) is 7.11 Å². The first-order chi connectivity index (χ1) is 9.69. The lowest BCUT2D eigenvalue weighted by atomic mass is 9.92. The summed E-state index contributed by atoms with van der Waals surface area (Å²) in [4.78, 5) is 0. The molecule has 0 amide bonds. The van der Waals surface area contributed by atoms with Gasteiger partial charge in [0.05, 0.1) is 6.10 Å². The highest BCUT2D eigenvalue weighted by molar-refractivity contribution is 5.33. The van der Waals surface area contributed by atoms with E-state index in [-0.39, 0.29) is 5.75 Å². The molecule has 0 aliphatic heterocycles. The fourth-order valence-corrected chi connectivity index (χ4v) is 2.66. The van der Waals surface area contributed by atoms with Gasteiger partial charge in [0, 0.05) is 25.3 Å². The molecule has 2 unspecified atom stereocenters. The van der Waals surface area contributed by atoms with E-state index < -0.39 is 6.61 Å². The summed E-state index contributed by atoms with van der Waals surface area (Å²) in [5.41, 5.74) is 0.757. The molecule has 0 bridgehead atoms. The van der Waals surface area contributed by atoms with Crippen LogP contribution in [-0.2, 0) is 11.3 Å². The highest BCUT2D eigenvalue weighted by atomic mass is 19.3. The normalized spacial score (nSPS) is 23.0. The zero-order chi connectivity index (χ0) is 14.4. The molecule has 0 aromatic heterocycles. The van der Waals surface area contributed by atoms with E-state index in [9.17, 15) is 8.78 Å². The van der Waals surface area contributed by atoms with E-state index in [2.05, 4.69) is 10.1 Å². The van der Waals surface area contributed by atoms with Crippen molar-refractivity contribution >= 4 is 0 Å². The molecule has 0 radical (unpaired) electrons. The number of nitrogens with one attached hydrogen (secondary N) is 1. The Morgan fingerprint density at radius 3 is 2.85 bits per heavy atom. The van der Waals surface area contributed by atoms with Crippen LogP contribution in [0.15, 0.2) is 24.3 Å². The first kappa shape index (κ1) is 15.2. The van der Waals surface area contributed by atoms with E-state index in [0.717, 1.165) is 31.2 Å². The standard InChI is InChI=1S/C15H21F2NO2/c1-19-13-7-4-6-12(9-13)18-10-11-5-2-3-8-14(11)20-15(16)17/h2-3,5,8,12-13,15,18H,4,6-7,9-10H2,1H3. The second-order valence-corrected chi connectivity index (χ2v) is 5.09. The number of para-hydroxylation sites is 1. The molecule has 5 heteroatoms. The average molecular weight is 285 g/mol. The Hall–Kier alpha value is -1.20. The Bertz CT molecular complexity index is 415. The van der Waals surface area contributed by atoms with Crippen LogP contribution >= 0.6 is 0 Å². The van der Waals surface area contributed by atoms with Crippen LogP contribution in [0.5, 0.6) is 5.75 Å². The van der Waals surface area contributed by atoms with Crippen LogP contribution in [0.4, 0.5) is 8.78 Å². The van der Waals surface area contributed by atoms with E-state index in [4.69, 9.17) is 4.74 Å². The van der Waals surface area contributed by atoms with Gasteiger partial charge in [0.1, 0.15) is 5.75 Å². The maximum Gasteiger partial charge on any atom is 0.387 e. The molecule has 20 heavy (non-hydrogen) atoms. The molecular formula is C15H21F2NO2. The van der Waals surface area contributed by atoms with Gasteiger partial charge in [0.2, 0.25) is 0 Å². The maximum absolute atomic E-state index is 12.3. The van der Waals surface area contributed by atoms with Crippen LogP contribution in [-0.4, -0.2) is 25.9 Å². The highest BCUT2D eigenvalue weighted by Gasteiger charge is 2.21. The summed E-state index contributed by atoms with van der Waals surface area (Å²) in [7, 11) is 1.73. The number of rotatable bonds is 6. The van der Waals surface area contributed by atoms with Crippen molar-refractivity contribution in [2.45, 2.75) is 51.0 Å². The zero-order valence-electron chi connectivity index (χ0n) is 11.6. The van der Waals surface area contributed by atoms with Crippen LogP contribution in [0.25, 0.3) is 0 Å². The van der Waals surface area contributed by atoms with Crippen LogP contribution in [0.3, 0.4) is 0 Å². The quantitative estimate of drug-likeness (QED) is 0.869. The zero-order valence-corrected chi connectivity index (χ0v) is 11.6. The van der Waals surface area contributed by atoms with Crippen molar-refractivity contribution in [1.82, 2.24) is 5.32 Å². The number of alkyl halides is 2. The SMILES string of the molecule is COC1CCCC(NCc2ccccc2OC(F)F)C1. The minimum Gasteiger partial charge on any atom is -0.434 e. The van der Waals surface area contributed by atoms with Crippen molar-refractivity contribution in [2.24, 2.45) is 0 Å². The second kappa shape index (κ2) is 7.55. The molecule has 1 N–H and O–H groups in total. The highest BCUT2D eigenvalue weighted by Crippen LogP contribution is 2.23. The molecule has 112 valence electrons. The Balaban J connectivity index is 1.90. The first-order valence-electron chi connectivity index (χ1n) is 6.98. The molecule has 1 aromatic rings. The van der Waals surface area contributed by atoms with Crippen LogP contribution in [0, 0.1) is 0 Å². The Morgan fingerprint density at radius 2 is 2.10 bits per heavy atom. The summed E-state index contributed by atoms with van der Waals surface area (Å²) in [6.45, 7) is -2.26. The number of benzene rings is 1. The average Bonchev–Trinajstić information content (AvgIpc) is 2.46. The summed E-state index contributed by atoms with van der Waals surface area (Å²) >= 11 is 0. The minimum atomic E-state index is -2.79. The summed E-state index contributed by atoms with van der Waals surface area (Å²) < 4.78 is 34.6. The number of hydrogen-bond donors (Lipinski definition) is 1. The summed E-state index contributed by atoms with van der Waals surface area (Å²) in [6.07, 6.45) is 4.59. The van der Waals surface area contributed by atoms with Gasteiger partial charge in [-0.3, -0.25) is 0 Å². The van der Waals surface area contributed by atoms with Gasteiger partial charge in [-0.05, 0) is 31.7 Å². The summed E-state index contributed by atoms with van der Waals surface area (Å²) in [5, 5.41) is 3.41. The van der Waals surface area contributed by atoms with Gasteiger partial charge < -0.3 is 14.8 Å². The molecule has 0 spiro atoms. The van der Waals surface area contributed by atoms with Crippen LogP contribution in [0.2, 0.25) is 0 Å². The van der Waals surface area contributed by atoms with Crippen molar-refractivity contribution in [3.8, 4) is 5.75 Å². The smallest absolute Gasteiger partial charge is 0.387 e. The summed E-state index contributed by atoms with van der Waals surface area (Å²) in [6, 6.07) is 7.27. The topological polar surface area (TPSA) is 30.5 Å². The van der Waals surface area contributed by atoms with Gasteiger partial charge in [0.25, 0.3) is 0 Å². The van der Waals surface area contributed by atoms with Crippen LogP contribution < -0.4 is 10.1 Å². The van der Waals surface area contributed by atoms with Gasteiger partial charge in [-0.15, -0.1) is 0 Å². The molecule has 2 atom stereocenters. The van der Waals surface area contributed by atoms with Crippen molar-refractivity contribution < 1.29 is 18.3 Å². The van der Waals surface area contributed by atoms with Crippen molar-refractivity contribution in [3.63, 3.8) is 0 Å². The minimum absolute atomic E-state index is 0.245. The number of hydrogen-bond acceptors (Lipinski definition) is 3. The fraction of sp³-hybridized carbons (Fsp3) is 0.600. The predicted octanol–water partition coefficient (Wildman–Crippen LogP) is 3.34. The Morgan fingerprint density at radius 1 is 1.30 bits per heavy atom. The van der Waals surface area contributed by atoms with E-state index in [0.29, 0.717) is 18.7 Å². The van der Waals surface area contributed by atoms with Gasteiger partial charge in [-0.1, -0.05) is 18.2 Å². The van der Waals surface area contributed by atoms with Crippen molar-refractivity contribution in [1.29, 1.82) is 0 Å². The maximum atomic E-state index is 12.3. The van der Waals surface area contributed by atoms with Gasteiger partial charge in [-0.2, -0.15) is 8.78 Å². The monoisotopic (exact) mass is 285 g/mol. The molecule has 1 fully saturated rings. The Labute approximate surface area is 118 Å². The number of halogens is 2. The third-order valence-electron chi connectivity index (χ3n) is 3.73. The molecular weight excluding hydrogens is 264 g/mol. The molecule has 1 aliphatic rings. The van der Waals surface area contributed by atoms with Gasteiger partial charge in [-0.25, -0.2) is 0 Å². The Kier molecular flexibility index (Phi) is 5.73. The molecule has 3 nitrogen and oxygen atoms in total. The molecule has 1 saturated carbocycles. The summed E-state index contributed by atoms with van der Waals surface area (Å²) in [5.74, 6) is 0.245.